The molecule has 0 radical (unpaired) electrons. The molecule has 4 heterocycles. The minimum Gasteiger partial charge on any atom is -0.371 e. The summed E-state index contributed by atoms with van der Waals surface area (Å²) in [6, 6.07) is 20.4. The lowest BCUT2D eigenvalue weighted by atomic mass is 9.89. The predicted octanol–water partition coefficient (Wildman–Crippen LogP) is 3.68. The maximum Gasteiger partial charge on any atom is 0.149 e. The van der Waals surface area contributed by atoms with E-state index in [9.17, 15) is 0 Å². The van der Waals surface area contributed by atoms with Crippen molar-refractivity contribution in [2.24, 2.45) is 0 Å². The zero-order valence-electron chi connectivity index (χ0n) is 21.3. The van der Waals surface area contributed by atoms with Gasteiger partial charge in [-0.3, -0.25) is 0 Å². The second kappa shape index (κ2) is 10.4. The van der Waals surface area contributed by atoms with Crippen LogP contribution in [0.5, 0.6) is 0 Å². The first-order valence-corrected chi connectivity index (χ1v) is 13.9. The van der Waals surface area contributed by atoms with Gasteiger partial charge in [0.25, 0.3) is 0 Å². The van der Waals surface area contributed by atoms with Gasteiger partial charge >= 0.3 is 0 Å². The lowest BCUT2D eigenvalue weighted by Crippen LogP contribution is -2.45. The minimum atomic E-state index is 0.684. The fraction of sp³-hybridized carbons (Fsp3) is 0.448. The smallest absolute Gasteiger partial charge is 0.149 e. The number of hydrogen-bond donors (Lipinski definition) is 0. The van der Waals surface area contributed by atoms with E-state index in [4.69, 9.17) is 9.97 Å². The summed E-state index contributed by atoms with van der Waals surface area (Å²) in [4.78, 5) is 19.4. The molecule has 6 rings (SSSR count). The van der Waals surface area contributed by atoms with Gasteiger partial charge < -0.3 is 19.6 Å². The molecule has 3 aliphatic heterocycles. The third-order valence-electron chi connectivity index (χ3n) is 8.20. The van der Waals surface area contributed by atoms with Crippen molar-refractivity contribution in [3.8, 4) is 0 Å². The van der Waals surface area contributed by atoms with Crippen LogP contribution in [0, 0.1) is 0 Å². The van der Waals surface area contributed by atoms with Gasteiger partial charge in [0.2, 0.25) is 0 Å². The number of piperazine rings is 1. The molecule has 2 fully saturated rings. The van der Waals surface area contributed by atoms with E-state index in [-0.39, 0.29) is 0 Å². The lowest BCUT2D eigenvalue weighted by molar-refractivity contribution is 0.312. The van der Waals surface area contributed by atoms with Gasteiger partial charge in [0.1, 0.15) is 17.2 Å². The van der Waals surface area contributed by atoms with E-state index in [1.807, 2.05) is 0 Å². The molecule has 0 saturated carbocycles. The first kappa shape index (κ1) is 23.7. The monoisotopic (exact) mass is 500 g/mol. The molecule has 1 aromatic heterocycles. The van der Waals surface area contributed by atoms with Crippen molar-refractivity contribution in [1.29, 1.82) is 0 Å². The van der Waals surface area contributed by atoms with Gasteiger partial charge in [-0.2, -0.15) is 0 Å². The van der Waals surface area contributed by atoms with Crippen molar-refractivity contribution in [1.82, 2.24) is 14.9 Å². The van der Waals surface area contributed by atoms with Crippen LogP contribution in [0.4, 0.5) is 17.3 Å². The lowest BCUT2D eigenvalue weighted by Gasteiger charge is -2.36. The molecular weight excluding hydrogens is 463 g/mol. The first-order valence-electron chi connectivity index (χ1n) is 13.4. The summed E-state index contributed by atoms with van der Waals surface area (Å²) in [6.07, 6.45) is 3.51. The van der Waals surface area contributed by atoms with Crippen molar-refractivity contribution in [2.45, 2.75) is 31.7 Å². The fourth-order valence-corrected chi connectivity index (χ4v) is 6.20. The highest BCUT2D eigenvalue weighted by molar-refractivity contribution is 7.26. The molecule has 7 heteroatoms. The number of anilines is 3. The highest BCUT2D eigenvalue weighted by Crippen LogP contribution is 2.33. The summed E-state index contributed by atoms with van der Waals surface area (Å²) in [5, 5.41) is 0. The zero-order valence-corrected chi connectivity index (χ0v) is 22.5. The summed E-state index contributed by atoms with van der Waals surface area (Å²) in [6.45, 7) is 8.35. The Bertz CT molecular complexity index is 1190. The predicted molar refractivity (Wildman–Crippen MR) is 153 cm³/mol. The van der Waals surface area contributed by atoms with Gasteiger partial charge in [0.15, 0.2) is 0 Å². The molecule has 2 saturated heterocycles. The van der Waals surface area contributed by atoms with Gasteiger partial charge in [0.05, 0.1) is 0 Å². The molecule has 0 spiro atoms. The molecule has 3 aliphatic rings. The number of nitrogens with zero attached hydrogens (tertiary/aromatic N) is 6. The Balaban J connectivity index is 1.16. The van der Waals surface area contributed by atoms with Crippen molar-refractivity contribution in [2.75, 3.05) is 67.6 Å². The van der Waals surface area contributed by atoms with Crippen molar-refractivity contribution in [3.05, 3.63) is 71.3 Å². The average molecular weight is 501 g/mol. The number of fused-ring (bicyclic) bond motifs is 1. The Hall–Kier alpha value is -2.69. The largest absolute Gasteiger partial charge is 0.371 e. The van der Waals surface area contributed by atoms with E-state index in [2.05, 4.69) is 90.5 Å². The van der Waals surface area contributed by atoms with Crippen LogP contribution in [0.25, 0.3) is 0 Å². The number of likely N-dealkylation sites (N-methyl/N-ethyl adjacent to an activating group) is 1. The Morgan fingerprint density at radius 3 is 2.19 bits per heavy atom. The van der Waals surface area contributed by atoms with Gasteiger partial charge in [-0.05, 0) is 61.1 Å². The Kier molecular flexibility index (Phi) is 6.81. The second-order valence-corrected chi connectivity index (χ2v) is 11.0. The normalized spacial score (nSPS) is 19.4. The van der Waals surface area contributed by atoms with E-state index < -0.39 is 0 Å². The number of aromatic nitrogens is 2. The van der Waals surface area contributed by atoms with Gasteiger partial charge in [-0.15, -0.1) is 0 Å². The van der Waals surface area contributed by atoms with Gasteiger partial charge in [-0.25, -0.2) is 9.97 Å². The SMILES string of the molecule is CN1CCN(c2cc(N3CCc4ccc(N5CCC(c6ccccc6)CC5)cc4C3)nc(P)n2)CC1. The van der Waals surface area contributed by atoms with E-state index in [0.717, 1.165) is 76.0 Å². The number of rotatable bonds is 4. The standard InChI is InChI=1S/C29H37N6P/c1-32-15-17-34(18-16-32)27-20-28(31-29(36)30-27)35-14-11-23-7-8-26(19-25(23)21-35)33-12-9-24(10-13-33)22-5-3-2-4-6-22/h2-8,19-20,24H,9-18,21,36H2,1H3. The van der Waals surface area contributed by atoms with Crippen LogP contribution in [0.2, 0.25) is 0 Å². The maximum atomic E-state index is 4.82. The third kappa shape index (κ3) is 5.07. The molecule has 188 valence electrons. The van der Waals surface area contributed by atoms with Crippen LogP contribution in [-0.4, -0.2) is 67.7 Å². The fourth-order valence-electron chi connectivity index (χ4n) is 5.93. The first-order chi connectivity index (χ1) is 17.6. The molecule has 0 aliphatic carbocycles. The highest BCUT2D eigenvalue weighted by Gasteiger charge is 2.24. The van der Waals surface area contributed by atoms with Crippen molar-refractivity contribution in [3.63, 3.8) is 0 Å². The van der Waals surface area contributed by atoms with E-state index in [0.29, 0.717) is 5.92 Å². The molecular formula is C29H37N6P. The summed E-state index contributed by atoms with van der Waals surface area (Å²) in [5.41, 5.74) is 6.56. The van der Waals surface area contributed by atoms with Crippen LogP contribution in [0.15, 0.2) is 54.6 Å². The molecule has 36 heavy (non-hydrogen) atoms. The van der Waals surface area contributed by atoms with Crippen LogP contribution in [0.3, 0.4) is 0 Å². The summed E-state index contributed by atoms with van der Waals surface area (Å²) in [7, 11) is 4.91. The minimum absolute atomic E-state index is 0.684. The number of piperidine rings is 1. The van der Waals surface area contributed by atoms with E-state index >= 15 is 0 Å². The Labute approximate surface area is 217 Å². The summed E-state index contributed by atoms with van der Waals surface area (Å²) in [5.74, 6) is 2.78. The summed E-state index contributed by atoms with van der Waals surface area (Å²) < 4.78 is 0. The van der Waals surface area contributed by atoms with E-state index in [1.165, 1.54) is 35.2 Å². The number of hydrogen-bond acceptors (Lipinski definition) is 6. The highest BCUT2D eigenvalue weighted by atomic mass is 31.0. The van der Waals surface area contributed by atoms with E-state index in [1.54, 1.807) is 0 Å². The zero-order chi connectivity index (χ0) is 24.5. The van der Waals surface area contributed by atoms with Crippen molar-refractivity contribution < 1.29 is 0 Å². The molecule has 1 unspecified atom stereocenters. The van der Waals surface area contributed by atoms with Gasteiger partial charge in [-0.1, -0.05) is 45.6 Å². The average Bonchev–Trinajstić information content (AvgIpc) is 2.93. The van der Waals surface area contributed by atoms with Crippen LogP contribution >= 0.6 is 9.24 Å². The number of benzene rings is 2. The molecule has 2 aromatic carbocycles. The van der Waals surface area contributed by atoms with Crippen LogP contribution in [0.1, 0.15) is 35.4 Å². The van der Waals surface area contributed by atoms with Gasteiger partial charge in [0, 0.05) is 64.1 Å². The Morgan fingerprint density at radius 1 is 0.722 bits per heavy atom. The molecule has 0 N–H and O–H groups in total. The van der Waals surface area contributed by atoms with Crippen molar-refractivity contribution >= 4 is 32.1 Å². The summed E-state index contributed by atoms with van der Waals surface area (Å²) >= 11 is 0. The quantitative estimate of drug-likeness (QED) is 0.509. The van der Waals surface area contributed by atoms with Crippen LogP contribution in [-0.2, 0) is 13.0 Å². The third-order valence-corrected chi connectivity index (χ3v) is 8.46. The Morgan fingerprint density at radius 2 is 1.44 bits per heavy atom. The molecule has 1 atom stereocenters. The molecule has 0 bridgehead atoms. The van der Waals surface area contributed by atoms with Crippen LogP contribution < -0.4 is 20.3 Å². The second-order valence-electron chi connectivity index (χ2n) is 10.5. The molecule has 3 aromatic rings. The molecule has 0 amide bonds. The maximum absolute atomic E-state index is 4.82. The topological polar surface area (TPSA) is 38.7 Å². The molecule has 6 nitrogen and oxygen atoms in total.